The molecule has 1 aromatic heterocycles. The number of nitrogens with one attached hydrogen (secondary N) is 2. The first kappa shape index (κ1) is 19.8. The molecule has 1 heterocycles. The van der Waals surface area contributed by atoms with Crippen LogP contribution in [0.15, 0.2) is 47.4 Å². The van der Waals surface area contributed by atoms with Crippen LogP contribution >= 0.6 is 0 Å². The number of H-pyrrole nitrogens is 1. The molecule has 28 heavy (non-hydrogen) atoms. The predicted molar refractivity (Wildman–Crippen MR) is 85.0 cm³/mol. The number of nitrogens with zero attached hydrogens (tertiary/aromatic N) is 1. The lowest BCUT2D eigenvalue weighted by Gasteiger charge is -2.13. The Hall–Kier alpha value is -2.96. The Kier molecular flexibility index (Phi) is 4.65. The normalized spacial score (nSPS) is 12.9. The standard InChI is InChI=1S/C15H9F6N3O3S/c16-14(17,18)8-5-6-9-10(7-8)23-13(22-9)24-28(25,26)12-4-2-1-3-11(12)27-15(19,20)21/h1-7H,(H2,22,23,24). The van der Waals surface area contributed by atoms with Gasteiger partial charge in [0.2, 0.25) is 5.95 Å². The number of sulfonamides is 1. The first-order chi connectivity index (χ1) is 12.9. The van der Waals surface area contributed by atoms with Crippen LogP contribution in [0.1, 0.15) is 5.56 Å². The van der Waals surface area contributed by atoms with E-state index < -0.39 is 44.7 Å². The van der Waals surface area contributed by atoms with Gasteiger partial charge in [-0.3, -0.25) is 0 Å². The van der Waals surface area contributed by atoms with Gasteiger partial charge in [0, 0.05) is 0 Å². The van der Waals surface area contributed by atoms with Crippen LogP contribution in [0.3, 0.4) is 0 Å². The summed E-state index contributed by atoms with van der Waals surface area (Å²) in [5, 5.41) is 0. The van der Waals surface area contributed by atoms with Crippen molar-refractivity contribution in [2.24, 2.45) is 0 Å². The van der Waals surface area contributed by atoms with Gasteiger partial charge in [-0.2, -0.15) is 13.2 Å². The number of hydrogen-bond donors (Lipinski definition) is 2. The lowest BCUT2D eigenvalue weighted by Crippen LogP contribution is -2.21. The van der Waals surface area contributed by atoms with E-state index in [-0.39, 0.29) is 11.0 Å². The minimum atomic E-state index is -5.13. The summed E-state index contributed by atoms with van der Waals surface area (Å²) in [5.74, 6) is -1.45. The molecule has 0 saturated heterocycles. The monoisotopic (exact) mass is 425 g/mol. The highest BCUT2D eigenvalue weighted by atomic mass is 32.2. The Balaban J connectivity index is 1.95. The second-order valence-electron chi connectivity index (χ2n) is 5.42. The van der Waals surface area contributed by atoms with Crippen molar-refractivity contribution >= 4 is 27.0 Å². The highest BCUT2D eigenvalue weighted by Gasteiger charge is 2.34. The van der Waals surface area contributed by atoms with Crippen molar-refractivity contribution in [2.75, 3.05) is 4.72 Å². The van der Waals surface area contributed by atoms with E-state index in [9.17, 15) is 34.8 Å². The van der Waals surface area contributed by atoms with Crippen LogP contribution in [0.25, 0.3) is 11.0 Å². The topological polar surface area (TPSA) is 84.1 Å². The van der Waals surface area contributed by atoms with Crippen molar-refractivity contribution in [2.45, 2.75) is 17.4 Å². The first-order valence-corrected chi connectivity index (χ1v) is 8.78. The molecule has 0 atom stereocenters. The number of aromatic amines is 1. The zero-order valence-corrected chi connectivity index (χ0v) is 14.2. The Morgan fingerprint density at radius 1 is 1.00 bits per heavy atom. The molecule has 0 aliphatic carbocycles. The van der Waals surface area contributed by atoms with Crippen LogP contribution in [-0.2, 0) is 16.2 Å². The smallest absolute Gasteiger partial charge is 0.404 e. The average molecular weight is 425 g/mol. The van der Waals surface area contributed by atoms with Crippen LogP contribution in [0, 0.1) is 0 Å². The van der Waals surface area contributed by atoms with Crippen molar-refractivity contribution in [1.29, 1.82) is 0 Å². The summed E-state index contributed by atoms with van der Waals surface area (Å²) in [7, 11) is -4.59. The molecule has 0 fully saturated rings. The number of benzene rings is 2. The van der Waals surface area contributed by atoms with Gasteiger partial charge in [0.15, 0.2) is 0 Å². The van der Waals surface area contributed by atoms with E-state index in [0.29, 0.717) is 0 Å². The molecule has 3 rings (SSSR count). The van der Waals surface area contributed by atoms with E-state index in [1.807, 2.05) is 4.72 Å². The number of rotatable bonds is 4. The lowest BCUT2D eigenvalue weighted by atomic mass is 10.2. The summed E-state index contributed by atoms with van der Waals surface area (Å²) in [6.07, 6.45) is -9.74. The lowest BCUT2D eigenvalue weighted by molar-refractivity contribution is -0.275. The van der Waals surface area contributed by atoms with Gasteiger partial charge >= 0.3 is 12.5 Å². The molecule has 0 aliphatic heterocycles. The number of imidazole rings is 1. The first-order valence-electron chi connectivity index (χ1n) is 7.30. The van der Waals surface area contributed by atoms with Crippen molar-refractivity contribution in [3.63, 3.8) is 0 Å². The van der Waals surface area contributed by atoms with Crippen LogP contribution < -0.4 is 9.46 Å². The molecule has 2 N–H and O–H groups in total. The summed E-state index contributed by atoms with van der Waals surface area (Å²) in [5.41, 5.74) is -1.08. The fraction of sp³-hybridized carbons (Fsp3) is 0.133. The molecular formula is C15H9F6N3O3S. The molecule has 0 amide bonds. The quantitative estimate of drug-likeness (QED) is 0.612. The minimum absolute atomic E-state index is 0.0190. The van der Waals surface area contributed by atoms with Crippen LogP contribution in [0.4, 0.5) is 32.3 Å². The number of hydrogen-bond acceptors (Lipinski definition) is 4. The number of fused-ring (bicyclic) bond motifs is 1. The highest BCUT2D eigenvalue weighted by molar-refractivity contribution is 7.92. The van der Waals surface area contributed by atoms with Gasteiger partial charge in [0.25, 0.3) is 10.0 Å². The summed E-state index contributed by atoms with van der Waals surface area (Å²) >= 11 is 0. The number of anilines is 1. The van der Waals surface area contributed by atoms with Crippen LogP contribution in [0.5, 0.6) is 5.75 Å². The van der Waals surface area contributed by atoms with Gasteiger partial charge < -0.3 is 9.72 Å². The summed E-state index contributed by atoms with van der Waals surface area (Å²) in [6.45, 7) is 0. The van der Waals surface area contributed by atoms with Gasteiger partial charge in [0.1, 0.15) is 10.6 Å². The summed E-state index contributed by atoms with van der Waals surface area (Å²) in [4.78, 5) is 5.28. The van der Waals surface area contributed by atoms with E-state index >= 15 is 0 Å². The molecule has 0 aliphatic rings. The molecule has 0 radical (unpaired) electrons. The molecule has 0 saturated carbocycles. The van der Waals surface area contributed by atoms with Crippen molar-refractivity contribution in [3.05, 3.63) is 48.0 Å². The molecule has 3 aromatic rings. The fourth-order valence-electron chi connectivity index (χ4n) is 2.30. The largest absolute Gasteiger partial charge is 0.573 e. The number of alkyl halides is 6. The van der Waals surface area contributed by atoms with Crippen LogP contribution in [-0.4, -0.2) is 24.7 Å². The molecule has 6 nitrogen and oxygen atoms in total. The van der Waals surface area contributed by atoms with E-state index in [1.54, 1.807) is 0 Å². The van der Waals surface area contributed by atoms with E-state index in [2.05, 4.69) is 14.7 Å². The summed E-state index contributed by atoms with van der Waals surface area (Å²) < 4.78 is 106. The molecular weight excluding hydrogens is 416 g/mol. The van der Waals surface area contributed by atoms with Crippen molar-refractivity contribution in [3.8, 4) is 5.75 Å². The van der Waals surface area contributed by atoms with E-state index in [0.717, 1.165) is 36.4 Å². The van der Waals surface area contributed by atoms with Crippen molar-refractivity contribution in [1.82, 2.24) is 9.97 Å². The number of halogens is 6. The summed E-state index contributed by atoms with van der Waals surface area (Å²) in [6, 6.07) is 6.48. The zero-order valence-electron chi connectivity index (χ0n) is 13.4. The maximum absolute atomic E-state index is 12.7. The van der Waals surface area contributed by atoms with Crippen molar-refractivity contribution < 1.29 is 39.5 Å². The average Bonchev–Trinajstić information content (AvgIpc) is 2.93. The van der Waals surface area contributed by atoms with Gasteiger partial charge in [-0.15, -0.1) is 13.2 Å². The maximum Gasteiger partial charge on any atom is 0.573 e. The molecule has 150 valence electrons. The Morgan fingerprint density at radius 2 is 1.68 bits per heavy atom. The Morgan fingerprint density at radius 3 is 2.32 bits per heavy atom. The molecule has 2 aromatic carbocycles. The maximum atomic E-state index is 12.7. The number of para-hydroxylation sites is 1. The SMILES string of the molecule is O=S(=O)(Nc1nc2ccc(C(F)(F)F)cc2[nH]1)c1ccccc1OC(F)(F)F. The van der Waals surface area contributed by atoms with E-state index in [1.165, 1.54) is 6.07 Å². The third-order valence-electron chi connectivity index (χ3n) is 3.40. The second-order valence-corrected chi connectivity index (χ2v) is 7.07. The highest BCUT2D eigenvalue weighted by Crippen LogP contribution is 2.32. The van der Waals surface area contributed by atoms with E-state index in [4.69, 9.17) is 0 Å². The molecule has 13 heteroatoms. The van der Waals surface area contributed by atoms with Gasteiger partial charge in [-0.25, -0.2) is 18.1 Å². The molecule has 0 spiro atoms. The predicted octanol–water partition coefficient (Wildman–Crippen LogP) is 4.28. The zero-order chi connectivity index (χ0) is 20.7. The fourth-order valence-corrected chi connectivity index (χ4v) is 3.39. The number of aromatic nitrogens is 2. The Bertz CT molecular complexity index is 1120. The minimum Gasteiger partial charge on any atom is -0.404 e. The number of ether oxygens (including phenoxy) is 1. The molecule has 0 bridgehead atoms. The third-order valence-corrected chi connectivity index (χ3v) is 4.78. The third kappa shape index (κ3) is 4.30. The van der Waals surface area contributed by atoms with Crippen LogP contribution in [0.2, 0.25) is 0 Å². The van der Waals surface area contributed by atoms with Gasteiger partial charge in [0.05, 0.1) is 16.6 Å². The Labute approximate surface area is 153 Å². The second kappa shape index (κ2) is 6.58. The van der Waals surface area contributed by atoms with Gasteiger partial charge in [-0.05, 0) is 30.3 Å². The molecule has 0 unspecified atom stereocenters. The van der Waals surface area contributed by atoms with Gasteiger partial charge in [-0.1, -0.05) is 12.1 Å².